The summed E-state index contributed by atoms with van der Waals surface area (Å²) in [6, 6.07) is 12.8. The topological polar surface area (TPSA) is 81.7 Å². The molecule has 0 aromatic heterocycles. The molecule has 0 saturated carbocycles. The van der Waals surface area contributed by atoms with E-state index in [1.54, 1.807) is 24.3 Å². The van der Waals surface area contributed by atoms with Gasteiger partial charge < -0.3 is 14.8 Å². The molecule has 124 valence electrons. The van der Waals surface area contributed by atoms with Crippen LogP contribution in [-0.2, 0) is 14.3 Å². The van der Waals surface area contributed by atoms with Gasteiger partial charge in [0.05, 0.1) is 18.2 Å². The highest BCUT2D eigenvalue weighted by Gasteiger charge is 2.12. The number of rotatable bonds is 5. The lowest BCUT2D eigenvalue weighted by atomic mass is 10.1. The molecule has 1 amide bonds. The Kier molecular flexibility index (Phi) is 6.08. The van der Waals surface area contributed by atoms with E-state index >= 15 is 0 Å². The molecule has 0 unspecified atom stereocenters. The van der Waals surface area contributed by atoms with E-state index in [0.29, 0.717) is 11.3 Å². The van der Waals surface area contributed by atoms with Gasteiger partial charge in [0.25, 0.3) is 5.91 Å². The van der Waals surface area contributed by atoms with Crippen LogP contribution in [0.4, 0.5) is 5.69 Å². The Morgan fingerprint density at radius 2 is 1.46 bits per heavy atom. The second kappa shape index (κ2) is 8.26. The fraction of sp³-hybridized carbons (Fsp3) is 0.118. The number of hydrogen-bond donors (Lipinski definition) is 1. The molecule has 1 N–H and O–H groups in total. The van der Waals surface area contributed by atoms with Crippen molar-refractivity contribution < 1.29 is 23.9 Å². The van der Waals surface area contributed by atoms with Crippen LogP contribution in [0, 0.1) is 0 Å². The number of amides is 1. The van der Waals surface area contributed by atoms with Crippen LogP contribution in [0.25, 0.3) is 0 Å². The molecule has 0 saturated heterocycles. The average molecular weight is 392 g/mol. The summed E-state index contributed by atoms with van der Waals surface area (Å²) in [5.74, 6) is -1.60. The normalized spacial score (nSPS) is 9.92. The highest BCUT2D eigenvalue weighted by molar-refractivity contribution is 9.10. The zero-order chi connectivity index (χ0) is 17.5. The van der Waals surface area contributed by atoms with Crippen LogP contribution in [0.5, 0.6) is 0 Å². The van der Waals surface area contributed by atoms with Crippen molar-refractivity contribution in [3.8, 4) is 0 Å². The molecular weight excluding hydrogens is 378 g/mol. The largest absolute Gasteiger partial charge is 0.465 e. The van der Waals surface area contributed by atoms with Crippen molar-refractivity contribution in [1.29, 1.82) is 0 Å². The van der Waals surface area contributed by atoms with E-state index in [-0.39, 0.29) is 5.56 Å². The molecule has 0 heterocycles. The van der Waals surface area contributed by atoms with Gasteiger partial charge in [0.1, 0.15) is 0 Å². The zero-order valence-electron chi connectivity index (χ0n) is 12.7. The van der Waals surface area contributed by atoms with Gasteiger partial charge in [-0.3, -0.25) is 4.79 Å². The van der Waals surface area contributed by atoms with Gasteiger partial charge in [-0.05, 0) is 48.5 Å². The average Bonchev–Trinajstić information content (AvgIpc) is 2.61. The lowest BCUT2D eigenvalue weighted by Crippen LogP contribution is -2.20. The van der Waals surface area contributed by atoms with Crippen LogP contribution in [0.3, 0.4) is 0 Å². The number of hydrogen-bond acceptors (Lipinski definition) is 5. The second-order valence-electron chi connectivity index (χ2n) is 4.70. The Labute approximate surface area is 146 Å². The number of anilines is 1. The highest BCUT2D eigenvalue weighted by Crippen LogP contribution is 2.14. The fourth-order valence-electron chi connectivity index (χ4n) is 1.80. The van der Waals surface area contributed by atoms with E-state index in [1.807, 2.05) is 0 Å². The van der Waals surface area contributed by atoms with Crippen molar-refractivity contribution in [2.75, 3.05) is 19.0 Å². The highest BCUT2D eigenvalue weighted by atomic mass is 79.9. The van der Waals surface area contributed by atoms with Crippen molar-refractivity contribution in [2.24, 2.45) is 0 Å². The minimum absolute atomic E-state index is 0.235. The Morgan fingerprint density at radius 1 is 0.917 bits per heavy atom. The Morgan fingerprint density at radius 3 is 2.00 bits per heavy atom. The predicted octanol–water partition coefficient (Wildman–Crippen LogP) is 3.03. The van der Waals surface area contributed by atoms with Crippen LogP contribution >= 0.6 is 15.9 Å². The van der Waals surface area contributed by atoms with Crippen molar-refractivity contribution in [1.82, 2.24) is 0 Å². The third-order valence-corrected chi connectivity index (χ3v) is 3.53. The molecule has 0 aliphatic carbocycles. The van der Waals surface area contributed by atoms with Gasteiger partial charge in [-0.15, -0.1) is 0 Å². The Balaban J connectivity index is 1.87. The number of carbonyl (C=O) groups excluding carboxylic acids is 3. The Hall–Kier alpha value is -2.67. The molecule has 0 spiro atoms. The first-order chi connectivity index (χ1) is 11.5. The number of methoxy groups -OCH3 is 1. The molecule has 7 heteroatoms. The Bertz CT molecular complexity index is 741. The van der Waals surface area contributed by atoms with E-state index in [1.165, 1.54) is 31.4 Å². The molecule has 2 aromatic carbocycles. The standard InChI is InChI=1S/C17H14BrNO5/c1-23-16(21)11-2-4-12(5-3-11)17(22)24-10-15(20)19-14-8-6-13(18)7-9-14/h2-9H,10H2,1H3,(H,19,20). The first-order valence-electron chi connectivity index (χ1n) is 6.90. The summed E-state index contributed by atoms with van der Waals surface area (Å²) >= 11 is 3.29. The fourth-order valence-corrected chi connectivity index (χ4v) is 2.07. The molecule has 2 aromatic rings. The smallest absolute Gasteiger partial charge is 0.338 e. The molecule has 6 nitrogen and oxygen atoms in total. The first kappa shape index (κ1) is 17.7. The van der Waals surface area contributed by atoms with E-state index in [9.17, 15) is 14.4 Å². The number of nitrogens with one attached hydrogen (secondary N) is 1. The maximum absolute atomic E-state index is 11.9. The van der Waals surface area contributed by atoms with Crippen LogP contribution in [0.1, 0.15) is 20.7 Å². The summed E-state index contributed by atoms with van der Waals surface area (Å²) in [4.78, 5) is 34.9. The summed E-state index contributed by atoms with van der Waals surface area (Å²) < 4.78 is 10.4. The van der Waals surface area contributed by atoms with Gasteiger partial charge in [-0.25, -0.2) is 9.59 Å². The number of carbonyl (C=O) groups is 3. The molecule has 0 radical (unpaired) electrons. The second-order valence-corrected chi connectivity index (χ2v) is 5.62. The van der Waals surface area contributed by atoms with Crippen molar-refractivity contribution >= 4 is 39.5 Å². The van der Waals surface area contributed by atoms with E-state index in [0.717, 1.165) is 4.47 Å². The zero-order valence-corrected chi connectivity index (χ0v) is 14.3. The van der Waals surface area contributed by atoms with Gasteiger partial charge in [0.2, 0.25) is 0 Å². The molecule has 0 aliphatic heterocycles. The van der Waals surface area contributed by atoms with Gasteiger partial charge in [-0.1, -0.05) is 15.9 Å². The summed E-state index contributed by atoms with van der Waals surface area (Å²) in [5.41, 5.74) is 1.16. The molecule has 0 aliphatic rings. The van der Waals surface area contributed by atoms with Crippen LogP contribution in [0.2, 0.25) is 0 Å². The minimum atomic E-state index is -0.655. The lowest BCUT2D eigenvalue weighted by Gasteiger charge is -2.07. The molecule has 0 fully saturated rings. The first-order valence-corrected chi connectivity index (χ1v) is 7.70. The molecular formula is C17H14BrNO5. The summed E-state index contributed by atoms with van der Waals surface area (Å²) in [7, 11) is 1.27. The SMILES string of the molecule is COC(=O)c1ccc(C(=O)OCC(=O)Nc2ccc(Br)cc2)cc1. The maximum atomic E-state index is 11.9. The number of ether oxygens (including phenoxy) is 2. The number of halogens is 1. The number of benzene rings is 2. The maximum Gasteiger partial charge on any atom is 0.338 e. The predicted molar refractivity (Wildman–Crippen MR) is 90.8 cm³/mol. The molecule has 24 heavy (non-hydrogen) atoms. The summed E-state index contributed by atoms with van der Waals surface area (Å²) in [6.07, 6.45) is 0. The van der Waals surface area contributed by atoms with E-state index < -0.39 is 24.5 Å². The van der Waals surface area contributed by atoms with Gasteiger partial charge in [0.15, 0.2) is 6.61 Å². The summed E-state index contributed by atoms with van der Waals surface area (Å²) in [6.45, 7) is -0.409. The van der Waals surface area contributed by atoms with E-state index in [2.05, 4.69) is 26.0 Å². The van der Waals surface area contributed by atoms with Crippen LogP contribution in [-0.4, -0.2) is 31.6 Å². The third-order valence-electron chi connectivity index (χ3n) is 3.00. The van der Waals surface area contributed by atoms with Crippen molar-refractivity contribution in [2.45, 2.75) is 0 Å². The van der Waals surface area contributed by atoms with Crippen molar-refractivity contribution in [3.63, 3.8) is 0 Å². The van der Waals surface area contributed by atoms with Crippen molar-refractivity contribution in [3.05, 3.63) is 64.1 Å². The van der Waals surface area contributed by atoms with Crippen LogP contribution < -0.4 is 5.32 Å². The number of esters is 2. The molecule has 0 atom stereocenters. The molecule has 0 bridgehead atoms. The monoisotopic (exact) mass is 391 g/mol. The van der Waals surface area contributed by atoms with Gasteiger partial charge in [0, 0.05) is 10.2 Å². The van der Waals surface area contributed by atoms with Crippen LogP contribution in [0.15, 0.2) is 53.0 Å². The minimum Gasteiger partial charge on any atom is -0.465 e. The molecule has 2 rings (SSSR count). The quantitative estimate of drug-likeness (QED) is 0.792. The third kappa shape index (κ3) is 4.92. The summed E-state index contributed by atoms with van der Waals surface area (Å²) in [5, 5.41) is 2.61. The van der Waals surface area contributed by atoms with E-state index in [4.69, 9.17) is 4.74 Å². The van der Waals surface area contributed by atoms with Gasteiger partial charge in [-0.2, -0.15) is 0 Å². The van der Waals surface area contributed by atoms with Gasteiger partial charge >= 0.3 is 11.9 Å². The lowest BCUT2D eigenvalue weighted by molar-refractivity contribution is -0.119.